The Morgan fingerprint density at radius 2 is 1.84 bits per heavy atom. The molecule has 0 spiro atoms. The summed E-state index contributed by atoms with van der Waals surface area (Å²) < 4.78 is 5.10. The summed E-state index contributed by atoms with van der Waals surface area (Å²) in [5.41, 5.74) is 1.87. The van der Waals surface area contributed by atoms with Gasteiger partial charge in [-0.2, -0.15) is 0 Å². The van der Waals surface area contributed by atoms with Gasteiger partial charge in [-0.25, -0.2) is 0 Å². The van der Waals surface area contributed by atoms with Gasteiger partial charge in [-0.1, -0.05) is 29.8 Å². The number of phenols is 1. The predicted octanol–water partition coefficient (Wildman–Crippen LogP) is 3.34. The summed E-state index contributed by atoms with van der Waals surface area (Å²) in [4.78, 5) is 0. The number of aromatic hydroxyl groups is 1. The minimum atomic E-state index is 0.217. The van der Waals surface area contributed by atoms with Gasteiger partial charge in [0.15, 0.2) is 0 Å². The van der Waals surface area contributed by atoms with Gasteiger partial charge < -0.3 is 15.2 Å². The fourth-order valence-corrected chi connectivity index (χ4v) is 2.03. The number of hydrogen-bond acceptors (Lipinski definition) is 3. The van der Waals surface area contributed by atoms with Crippen molar-refractivity contribution < 1.29 is 9.84 Å². The van der Waals surface area contributed by atoms with Gasteiger partial charge in [-0.15, -0.1) is 0 Å². The molecule has 2 aromatic carbocycles. The van der Waals surface area contributed by atoms with Gasteiger partial charge >= 0.3 is 0 Å². The van der Waals surface area contributed by atoms with Gasteiger partial charge in [0.05, 0.1) is 7.11 Å². The van der Waals surface area contributed by atoms with Crippen molar-refractivity contribution in [2.24, 2.45) is 0 Å². The average molecular weight is 278 g/mol. The van der Waals surface area contributed by atoms with Crippen LogP contribution in [-0.2, 0) is 13.1 Å². The van der Waals surface area contributed by atoms with Crippen molar-refractivity contribution in [1.29, 1.82) is 0 Å². The minimum absolute atomic E-state index is 0.217. The van der Waals surface area contributed by atoms with Crippen molar-refractivity contribution in [2.75, 3.05) is 7.11 Å². The minimum Gasteiger partial charge on any atom is -0.508 e. The van der Waals surface area contributed by atoms with Crippen LogP contribution in [0.25, 0.3) is 0 Å². The summed E-state index contributed by atoms with van der Waals surface area (Å²) in [7, 11) is 1.65. The zero-order valence-corrected chi connectivity index (χ0v) is 11.4. The number of phenolic OH excluding ortho intramolecular Hbond substituents is 1. The zero-order chi connectivity index (χ0) is 13.7. The van der Waals surface area contributed by atoms with Crippen LogP contribution in [0.3, 0.4) is 0 Å². The second-order valence-electron chi connectivity index (χ2n) is 4.19. The zero-order valence-electron chi connectivity index (χ0n) is 10.7. The Hall–Kier alpha value is -1.71. The molecule has 0 amide bonds. The van der Waals surface area contributed by atoms with Gasteiger partial charge in [0.25, 0.3) is 0 Å². The average Bonchev–Trinajstić information content (AvgIpc) is 2.43. The molecule has 0 aliphatic carbocycles. The first-order chi connectivity index (χ1) is 9.20. The quantitative estimate of drug-likeness (QED) is 0.881. The van der Waals surface area contributed by atoms with Crippen LogP contribution in [0.2, 0.25) is 5.02 Å². The van der Waals surface area contributed by atoms with Crippen LogP contribution in [0.15, 0.2) is 42.5 Å². The molecule has 0 aliphatic rings. The van der Waals surface area contributed by atoms with Crippen molar-refractivity contribution in [3.05, 3.63) is 58.6 Å². The summed E-state index contributed by atoms with van der Waals surface area (Å²) in [5.74, 6) is 1.06. The number of nitrogens with one attached hydrogen (secondary N) is 1. The summed E-state index contributed by atoms with van der Waals surface area (Å²) in [6.45, 7) is 1.23. The highest BCUT2D eigenvalue weighted by atomic mass is 35.5. The first-order valence-corrected chi connectivity index (χ1v) is 6.38. The third-order valence-corrected chi connectivity index (χ3v) is 3.24. The largest absolute Gasteiger partial charge is 0.508 e. The SMILES string of the molecule is COc1ccc(CNCc2c(O)cccc2Cl)cc1. The summed E-state index contributed by atoms with van der Waals surface area (Å²) in [6, 6.07) is 13.0. The molecule has 0 saturated carbocycles. The lowest BCUT2D eigenvalue weighted by atomic mass is 10.2. The van der Waals surface area contributed by atoms with Crippen molar-refractivity contribution >= 4 is 11.6 Å². The maximum atomic E-state index is 9.72. The van der Waals surface area contributed by atoms with Crippen LogP contribution in [0.5, 0.6) is 11.5 Å². The molecule has 0 unspecified atom stereocenters. The molecule has 2 rings (SSSR count). The van der Waals surface area contributed by atoms with Crippen molar-refractivity contribution in [1.82, 2.24) is 5.32 Å². The number of rotatable bonds is 5. The lowest BCUT2D eigenvalue weighted by Crippen LogP contribution is -2.13. The monoisotopic (exact) mass is 277 g/mol. The second-order valence-corrected chi connectivity index (χ2v) is 4.60. The van der Waals surface area contributed by atoms with E-state index in [1.54, 1.807) is 25.3 Å². The standard InChI is InChI=1S/C15H16ClNO2/c1-19-12-7-5-11(6-8-12)9-17-10-13-14(16)3-2-4-15(13)18/h2-8,17-18H,9-10H2,1H3. The third kappa shape index (κ3) is 3.63. The molecule has 0 aromatic heterocycles. The van der Waals surface area contributed by atoms with Gasteiger partial charge in [-0.3, -0.25) is 0 Å². The van der Waals surface area contributed by atoms with Crippen LogP contribution in [0, 0.1) is 0 Å². The normalized spacial score (nSPS) is 10.4. The molecule has 0 fully saturated rings. The molecule has 100 valence electrons. The Balaban J connectivity index is 1.92. The Bertz CT molecular complexity index is 520. The molecule has 0 heterocycles. The third-order valence-electron chi connectivity index (χ3n) is 2.88. The van der Waals surface area contributed by atoms with Gasteiger partial charge in [0.2, 0.25) is 0 Å². The summed E-state index contributed by atoms with van der Waals surface area (Å²) in [5, 5.41) is 13.5. The molecule has 19 heavy (non-hydrogen) atoms. The maximum Gasteiger partial charge on any atom is 0.121 e. The molecule has 3 nitrogen and oxygen atoms in total. The van der Waals surface area contributed by atoms with Crippen LogP contribution in [0.1, 0.15) is 11.1 Å². The van der Waals surface area contributed by atoms with E-state index < -0.39 is 0 Å². The van der Waals surface area contributed by atoms with E-state index in [1.807, 2.05) is 24.3 Å². The van der Waals surface area contributed by atoms with E-state index in [4.69, 9.17) is 16.3 Å². The number of hydrogen-bond donors (Lipinski definition) is 2. The number of ether oxygens (including phenoxy) is 1. The van der Waals surface area contributed by atoms with E-state index in [9.17, 15) is 5.11 Å². The van der Waals surface area contributed by atoms with E-state index in [2.05, 4.69) is 5.32 Å². The molecule has 0 atom stereocenters. The van der Waals surface area contributed by atoms with Gasteiger partial charge in [0, 0.05) is 23.7 Å². The van der Waals surface area contributed by atoms with Crippen molar-refractivity contribution in [2.45, 2.75) is 13.1 Å². The molecular weight excluding hydrogens is 262 g/mol. The fraction of sp³-hybridized carbons (Fsp3) is 0.200. The molecule has 0 aliphatic heterocycles. The maximum absolute atomic E-state index is 9.72. The van der Waals surface area contributed by atoms with E-state index >= 15 is 0 Å². The number of halogens is 1. The molecule has 2 N–H and O–H groups in total. The highest BCUT2D eigenvalue weighted by Gasteiger charge is 2.05. The van der Waals surface area contributed by atoms with E-state index in [0.717, 1.165) is 16.9 Å². The first-order valence-electron chi connectivity index (χ1n) is 6.00. The van der Waals surface area contributed by atoms with Crippen molar-refractivity contribution in [3.8, 4) is 11.5 Å². The van der Waals surface area contributed by atoms with E-state index in [1.165, 1.54) is 0 Å². The summed E-state index contributed by atoms with van der Waals surface area (Å²) in [6.07, 6.45) is 0. The molecule has 2 aromatic rings. The highest BCUT2D eigenvalue weighted by molar-refractivity contribution is 6.31. The molecule has 0 bridgehead atoms. The van der Waals surface area contributed by atoms with Crippen molar-refractivity contribution in [3.63, 3.8) is 0 Å². The highest BCUT2D eigenvalue weighted by Crippen LogP contribution is 2.24. The Labute approximate surface area is 117 Å². The molecule has 4 heteroatoms. The smallest absolute Gasteiger partial charge is 0.121 e. The van der Waals surface area contributed by atoms with Crippen LogP contribution in [-0.4, -0.2) is 12.2 Å². The number of methoxy groups -OCH3 is 1. The molecule has 0 saturated heterocycles. The lowest BCUT2D eigenvalue weighted by Gasteiger charge is -2.09. The Morgan fingerprint density at radius 1 is 1.11 bits per heavy atom. The fourth-order valence-electron chi connectivity index (χ4n) is 1.80. The van der Waals surface area contributed by atoms with E-state index in [0.29, 0.717) is 18.1 Å². The topological polar surface area (TPSA) is 41.5 Å². The summed E-state index contributed by atoms with van der Waals surface area (Å²) >= 11 is 6.03. The van der Waals surface area contributed by atoms with Gasteiger partial charge in [-0.05, 0) is 29.8 Å². The van der Waals surface area contributed by atoms with Gasteiger partial charge in [0.1, 0.15) is 11.5 Å². The number of benzene rings is 2. The second kappa shape index (κ2) is 6.45. The van der Waals surface area contributed by atoms with E-state index in [-0.39, 0.29) is 5.75 Å². The van der Waals surface area contributed by atoms with Crippen LogP contribution >= 0.6 is 11.6 Å². The Morgan fingerprint density at radius 3 is 2.47 bits per heavy atom. The predicted molar refractivity (Wildman–Crippen MR) is 76.7 cm³/mol. The Kier molecular flexibility index (Phi) is 4.66. The van der Waals surface area contributed by atoms with Crippen LogP contribution < -0.4 is 10.1 Å². The molecule has 0 radical (unpaired) electrons. The lowest BCUT2D eigenvalue weighted by molar-refractivity contribution is 0.414. The first kappa shape index (κ1) is 13.7. The van der Waals surface area contributed by atoms with Crippen LogP contribution in [0.4, 0.5) is 0 Å². The molecular formula is C15H16ClNO2.